The molecule has 9 heteroatoms. The van der Waals surface area contributed by atoms with Crippen molar-refractivity contribution in [2.24, 2.45) is 0 Å². The molecule has 0 unspecified atom stereocenters. The second kappa shape index (κ2) is 7.55. The highest BCUT2D eigenvalue weighted by atomic mass is 35.5. The van der Waals surface area contributed by atoms with Crippen LogP contribution < -0.4 is 10.7 Å². The number of para-hydroxylation sites is 3. The van der Waals surface area contributed by atoms with Crippen LogP contribution in [0.15, 0.2) is 72.8 Å². The first kappa shape index (κ1) is 20.9. The van der Waals surface area contributed by atoms with Gasteiger partial charge >= 0.3 is 0 Å². The van der Waals surface area contributed by atoms with Gasteiger partial charge in [0.05, 0.1) is 32.9 Å². The van der Waals surface area contributed by atoms with Crippen LogP contribution in [0, 0.1) is 0 Å². The maximum Gasteiger partial charge on any atom is 0.281 e. The molecule has 1 aliphatic heterocycles. The molecule has 0 fully saturated rings. The summed E-state index contributed by atoms with van der Waals surface area (Å²) in [7, 11) is 0. The number of aromatic nitrogens is 2. The molecule has 36 heavy (non-hydrogen) atoms. The monoisotopic (exact) mass is 509 g/mol. The van der Waals surface area contributed by atoms with Gasteiger partial charge in [0.1, 0.15) is 0 Å². The molecule has 3 heterocycles. The number of carbonyl (C=O) groups excluding carboxylic acids is 2. The van der Waals surface area contributed by atoms with Crippen LogP contribution in [-0.2, 0) is 0 Å². The van der Waals surface area contributed by atoms with E-state index in [9.17, 15) is 9.59 Å². The lowest BCUT2D eigenvalue weighted by Crippen LogP contribution is -2.47. The van der Waals surface area contributed by atoms with Gasteiger partial charge in [0, 0.05) is 32.6 Å². The number of hydrogen-bond acceptors (Lipinski definition) is 3. The highest BCUT2D eigenvalue weighted by molar-refractivity contribution is 7.80. The second-order valence-corrected chi connectivity index (χ2v) is 9.40. The lowest BCUT2D eigenvalue weighted by Gasteiger charge is -2.18. The Hall–Kier alpha value is -4.40. The fourth-order valence-electron chi connectivity index (χ4n) is 5.09. The lowest BCUT2D eigenvalue weighted by molar-refractivity contribution is 0.0614. The third-order valence-corrected chi connectivity index (χ3v) is 7.10. The lowest BCUT2D eigenvalue weighted by atomic mass is 9.97. The fourth-order valence-corrected chi connectivity index (χ4v) is 5.47. The number of halogens is 1. The molecule has 1 aliphatic rings. The molecule has 2 aromatic heterocycles. The van der Waals surface area contributed by atoms with Crippen LogP contribution in [-0.4, -0.2) is 31.9 Å². The first-order valence-electron chi connectivity index (χ1n) is 11.2. The van der Waals surface area contributed by atoms with Crippen molar-refractivity contribution < 1.29 is 9.59 Å². The number of imide groups is 1. The number of fused-ring (bicyclic) bond motifs is 10. The minimum atomic E-state index is -0.472. The topological polar surface area (TPSA) is 93.0 Å². The summed E-state index contributed by atoms with van der Waals surface area (Å²) in [5.74, 6) is -0.944. The number of hydrazine groups is 1. The molecular formula is C27H16ClN5O2S. The minimum absolute atomic E-state index is 0.0722. The van der Waals surface area contributed by atoms with E-state index in [4.69, 9.17) is 23.8 Å². The number of nitrogens with zero attached hydrogens (tertiary/aromatic N) is 1. The van der Waals surface area contributed by atoms with Crippen molar-refractivity contribution in [1.29, 1.82) is 0 Å². The second-order valence-electron chi connectivity index (χ2n) is 8.58. The molecule has 0 aliphatic carbocycles. The molecular weight excluding hydrogens is 494 g/mol. The summed E-state index contributed by atoms with van der Waals surface area (Å²) < 4.78 is 0. The Balaban J connectivity index is 1.44. The Labute approximate surface area is 214 Å². The van der Waals surface area contributed by atoms with E-state index in [0.717, 1.165) is 37.8 Å². The van der Waals surface area contributed by atoms with Crippen molar-refractivity contribution in [3.8, 4) is 0 Å². The van der Waals surface area contributed by atoms with Crippen molar-refractivity contribution in [2.75, 3.05) is 5.32 Å². The van der Waals surface area contributed by atoms with Crippen LogP contribution in [0.1, 0.15) is 20.7 Å². The summed E-state index contributed by atoms with van der Waals surface area (Å²) in [6, 6.07) is 22.6. The molecule has 174 valence electrons. The maximum atomic E-state index is 13.8. The van der Waals surface area contributed by atoms with Gasteiger partial charge in [-0.25, -0.2) is 0 Å². The zero-order chi connectivity index (χ0) is 24.6. The molecule has 4 aromatic carbocycles. The Morgan fingerprint density at radius 3 is 1.81 bits per heavy atom. The number of aromatic amines is 2. The average Bonchev–Trinajstić information content (AvgIpc) is 3.52. The van der Waals surface area contributed by atoms with E-state index >= 15 is 0 Å². The fraction of sp³-hybridized carbons (Fsp3) is 0. The van der Waals surface area contributed by atoms with E-state index in [1.807, 2.05) is 48.5 Å². The molecule has 0 saturated carbocycles. The number of nitrogens with one attached hydrogen (secondary N) is 4. The first-order valence-corrected chi connectivity index (χ1v) is 12.0. The Kier molecular flexibility index (Phi) is 4.39. The smallest absolute Gasteiger partial charge is 0.281 e. The van der Waals surface area contributed by atoms with Crippen molar-refractivity contribution in [1.82, 2.24) is 20.4 Å². The van der Waals surface area contributed by atoms with Gasteiger partial charge in [-0.2, -0.15) is 5.01 Å². The van der Waals surface area contributed by atoms with Crippen LogP contribution in [0.4, 0.5) is 5.69 Å². The van der Waals surface area contributed by atoms with Crippen LogP contribution >= 0.6 is 23.8 Å². The molecule has 7 rings (SSSR count). The normalized spacial score (nSPS) is 13.3. The highest BCUT2D eigenvalue weighted by Gasteiger charge is 2.41. The third kappa shape index (κ3) is 2.82. The van der Waals surface area contributed by atoms with Crippen molar-refractivity contribution in [3.05, 3.63) is 88.9 Å². The summed E-state index contributed by atoms with van der Waals surface area (Å²) in [5.41, 5.74) is 7.35. The summed E-state index contributed by atoms with van der Waals surface area (Å²) in [6.07, 6.45) is 0. The third-order valence-electron chi connectivity index (χ3n) is 6.58. The number of thiocarbonyl (C=S) groups is 1. The van der Waals surface area contributed by atoms with Crippen molar-refractivity contribution >= 4 is 90.0 Å². The van der Waals surface area contributed by atoms with Crippen LogP contribution in [0.25, 0.3) is 43.6 Å². The van der Waals surface area contributed by atoms with E-state index in [-0.39, 0.29) is 5.11 Å². The van der Waals surface area contributed by atoms with Gasteiger partial charge in [-0.15, -0.1) is 0 Å². The van der Waals surface area contributed by atoms with E-state index in [0.29, 0.717) is 32.6 Å². The summed E-state index contributed by atoms with van der Waals surface area (Å²) in [4.78, 5) is 34.6. The first-order chi connectivity index (χ1) is 17.5. The molecule has 7 nitrogen and oxygen atoms in total. The van der Waals surface area contributed by atoms with E-state index in [1.165, 1.54) is 0 Å². The number of rotatable bonds is 2. The summed E-state index contributed by atoms with van der Waals surface area (Å²) in [5, 5.41) is 7.60. The van der Waals surface area contributed by atoms with Gasteiger partial charge in [-0.05, 0) is 36.5 Å². The molecule has 6 aromatic rings. The van der Waals surface area contributed by atoms with Crippen LogP contribution in [0.2, 0.25) is 5.02 Å². The minimum Gasteiger partial charge on any atom is -0.353 e. The molecule has 0 radical (unpaired) electrons. The number of H-pyrrole nitrogens is 2. The number of hydrogen-bond donors (Lipinski definition) is 4. The van der Waals surface area contributed by atoms with Gasteiger partial charge in [0.25, 0.3) is 11.8 Å². The summed E-state index contributed by atoms with van der Waals surface area (Å²) in [6.45, 7) is 0. The molecule has 0 bridgehead atoms. The quantitative estimate of drug-likeness (QED) is 0.167. The Morgan fingerprint density at radius 2 is 1.25 bits per heavy atom. The van der Waals surface area contributed by atoms with Crippen LogP contribution in [0.3, 0.4) is 0 Å². The van der Waals surface area contributed by atoms with Gasteiger partial charge < -0.3 is 15.3 Å². The molecule has 0 atom stereocenters. The molecule has 0 saturated heterocycles. The molecule has 2 amide bonds. The van der Waals surface area contributed by atoms with E-state index in [2.05, 4.69) is 20.7 Å². The van der Waals surface area contributed by atoms with Gasteiger partial charge in [0.2, 0.25) is 0 Å². The van der Waals surface area contributed by atoms with Gasteiger partial charge in [-0.3, -0.25) is 15.0 Å². The van der Waals surface area contributed by atoms with E-state index < -0.39 is 11.8 Å². The Morgan fingerprint density at radius 1 is 0.750 bits per heavy atom. The number of benzene rings is 4. The average molecular weight is 510 g/mol. The summed E-state index contributed by atoms with van der Waals surface area (Å²) >= 11 is 11.6. The zero-order valence-corrected chi connectivity index (χ0v) is 20.1. The highest BCUT2D eigenvalue weighted by Crippen LogP contribution is 2.43. The number of amides is 2. The van der Waals surface area contributed by atoms with Crippen molar-refractivity contribution in [2.45, 2.75) is 0 Å². The van der Waals surface area contributed by atoms with Gasteiger partial charge in [0.15, 0.2) is 5.11 Å². The molecule has 4 N–H and O–H groups in total. The molecule has 0 spiro atoms. The zero-order valence-electron chi connectivity index (χ0n) is 18.5. The number of anilines is 1. The Bertz CT molecular complexity index is 1830. The van der Waals surface area contributed by atoms with E-state index in [1.54, 1.807) is 24.3 Å². The SMILES string of the molecule is O=C1c2c(c3c4ccccc4[nH]c3c3[nH]c4ccccc4c23)C(=O)N1NC(=S)Nc1ccccc1Cl. The number of carbonyl (C=O) groups is 2. The van der Waals surface area contributed by atoms with Crippen LogP contribution in [0.5, 0.6) is 0 Å². The largest absolute Gasteiger partial charge is 0.353 e. The van der Waals surface area contributed by atoms with Crippen molar-refractivity contribution in [3.63, 3.8) is 0 Å². The van der Waals surface area contributed by atoms with Gasteiger partial charge in [-0.1, -0.05) is 60.1 Å². The predicted molar refractivity (Wildman–Crippen MR) is 146 cm³/mol. The standard InChI is InChI=1S/C27H16ClN5O2S/c28-15-9-3-6-12-18(15)31-27(36)32-33-25(34)21-19-13-7-1-4-10-16(13)29-23(19)24-20(22(21)26(33)35)14-8-2-5-11-17(14)30-24/h1-12,29-30H,(H2,31,32,36). The predicted octanol–water partition coefficient (Wildman–Crippen LogP) is 6.11. The maximum absolute atomic E-state index is 13.8.